The van der Waals surface area contributed by atoms with E-state index in [-0.39, 0.29) is 6.61 Å². The molecule has 4 nitrogen and oxygen atoms in total. The van der Waals surface area contributed by atoms with Crippen LogP contribution in [-0.4, -0.2) is 34.5 Å². The summed E-state index contributed by atoms with van der Waals surface area (Å²) < 4.78 is 31.6. The van der Waals surface area contributed by atoms with E-state index in [0.29, 0.717) is 0 Å². The second-order valence-corrected chi connectivity index (χ2v) is 6.86. The van der Waals surface area contributed by atoms with Gasteiger partial charge in [-0.2, -0.15) is 19.8 Å². The summed E-state index contributed by atoms with van der Waals surface area (Å²) >= 11 is 1.71. The van der Waals surface area contributed by atoms with Crippen LogP contribution in [-0.2, 0) is 25.5 Å². The van der Waals surface area contributed by atoms with Crippen molar-refractivity contribution in [2.45, 2.75) is 32.1 Å². The Morgan fingerprint density at radius 2 is 1.84 bits per heavy atom. The Balaban J connectivity index is 1.81. The fourth-order valence-corrected chi connectivity index (χ4v) is 2.72. The summed E-state index contributed by atoms with van der Waals surface area (Å²) in [6.07, 6.45) is 5.87. The number of thiophene rings is 1. The van der Waals surface area contributed by atoms with Crippen molar-refractivity contribution in [3.8, 4) is 0 Å². The first-order valence-corrected chi connectivity index (χ1v) is 9.27. The maximum absolute atomic E-state index is 10.7. The minimum atomic E-state index is -3.27. The van der Waals surface area contributed by atoms with Crippen LogP contribution in [0.3, 0.4) is 0 Å². The summed E-state index contributed by atoms with van der Waals surface area (Å²) in [6.45, 7) is 1.84. The van der Waals surface area contributed by atoms with Gasteiger partial charge in [0.25, 0.3) is 10.1 Å². The number of unbranched alkanes of at least 4 members (excludes halogenated alkanes) is 3. The predicted molar refractivity (Wildman–Crippen MR) is 78.1 cm³/mol. The Labute approximate surface area is 119 Å². The molecule has 1 rings (SSSR count). The Morgan fingerprint density at radius 1 is 1.11 bits per heavy atom. The Hall–Kier alpha value is -0.430. The number of rotatable bonds is 11. The highest BCUT2D eigenvalue weighted by Gasteiger charge is 2.00. The minimum absolute atomic E-state index is 0.290. The van der Waals surface area contributed by atoms with Gasteiger partial charge >= 0.3 is 0 Å². The van der Waals surface area contributed by atoms with Crippen LogP contribution in [0, 0.1) is 0 Å². The molecule has 0 spiro atoms. The van der Waals surface area contributed by atoms with Crippen molar-refractivity contribution in [1.29, 1.82) is 0 Å². The molecule has 0 N–H and O–H groups in total. The summed E-state index contributed by atoms with van der Waals surface area (Å²) in [7, 11) is -3.27. The third-order valence-corrected chi connectivity index (χ3v) is 3.92. The van der Waals surface area contributed by atoms with Crippen LogP contribution >= 0.6 is 11.3 Å². The van der Waals surface area contributed by atoms with E-state index in [4.69, 9.17) is 4.74 Å². The summed E-state index contributed by atoms with van der Waals surface area (Å²) in [5.74, 6) is 0. The Bertz CT molecular complexity index is 412. The quantitative estimate of drug-likeness (QED) is 0.466. The first kappa shape index (κ1) is 16.6. The fourth-order valence-electron chi connectivity index (χ4n) is 1.60. The van der Waals surface area contributed by atoms with Crippen LogP contribution in [0.4, 0.5) is 0 Å². The van der Waals surface area contributed by atoms with Crippen molar-refractivity contribution in [3.05, 3.63) is 22.4 Å². The lowest BCUT2D eigenvalue weighted by Crippen LogP contribution is -2.04. The van der Waals surface area contributed by atoms with Crippen molar-refractivity contribution in [1.82, 2.24) is 0 Å². The molecule has 19 heavy (non-hydrogen) atoms. The molecular weight excluding hydrogens is 284 g/mol. The van der Waals surface area contributed by atoms with Gasteiger partial charge in [0.2, 0.25) is 0 Å². The van der Waals surface area contributed by atoms with Crippen LogP contribution in [0.1, 0.15) is 31.2 Å². The second-order valence-electron chi connectivity index (χ2n) is 4.43. The van der Waals surface area contributed by atoms with Crippen molar-refractivity contribution in [2.75, 3.05) is 26.1 Å². The van der Waals surface area contributed by atoms with Gasteiger partial charge < -0.3 is 4.74 Å². The zero-order chi connectivity index (χ0) is 14.0. The van der Waals surface area contributed by atoms with Crippen molar-refractivity contribution >= 4 is 21.5 Å². The molecule has 1 aromatic heterocycles. The maximum Gasteiger partial charge on any atom is 0.264 e. The molecule has 0 fully saturated rings. The lowest BCUT2D eigenvalue weighted by atomic mass is 10.2. The van der Waals surface area contributed by atoms with Gasteiger partial charge in [0.05, 0.1) is 19.5 Å². The summed E-state index contributed by atoms with van der Waals surface area (Å²) in [5, 5.41) is 4.22. The minimum Gasteiger partial charge on any atom is -0.381 e. The van der Waals surface area contributed by atoms with Crippen molar-refractivity contribution in [2.24, 2.45) is 0 Å². The van der Waals surface area contributed by atoms with Crippen LogP contribution < -0.4 is 0 Å². The molecule has 0 aliphatic carbocycles. The molecule has 1 aromatic rings. The van der Waals surface area contributed by atoms with E-state index >= 15 is 0 Å². The van der Waals surface area contributed by atoms with Gasteiger partial charge in [0.1, 0.15) is 0 Å². The molecule has 0 aromatic carbocycles. The lowest BCUT2D eigenvalue weighted by molar-refractivity contribution is 0.132. The van der Waals surface area contributed by atoms with Gasteiger partial charge in [0, 0.05) is 6.61 Å². The van der Waals surface area contributed by atoms with Crippen LogP contribution in [0.2, 0.25) is 0 Å². The van der Waals surface area contributed by atoms with Gasteiger partial charge in [0.15, 0.2) is 0 Å². The number of hydrogen-bond donors (Lipinski definition) is 0. The largest absolute Gasteiger partial charge is 0.381 e. The Kier molecular flexibility index (Phi) is 8.29. The highest BCUT2D eigenvalue weighted by atomic mass is 32.2. The molecule has 0 atom stereocenters. The van der Waals surface area contributed by atoms with E-state index in [0.717, 1.165) is 51.6 Å². The molecule has 0 saturated carbocycles. The summed E-state index contributed by atoms with van der Waals surface area (Å²) in [4.78, 5) is 0. The van der Waals surface area contributed by atoms with E-state index in [1.54, 1.807) is 11.3 Å². The lowest BCUT2D eigenvalue weighted by Gasteiger charge is -2.04. The van der Waals surface area contributed by atoms with Gasteiger partial charge in [-0.15, -0.1) is 0 Å². The summed E-state index contributed by atoms with van der Waals surface area (Å²) in [5.41, 5.74) is 1.34. The van der Waals surface area contributed by atoms with E-state index in [1.165, 1.54) is 5.56 Å². The van der Waals surface area contributed by atoms with E-state index < -0.39 is 10.1 Å². The number of ether oxygens (including phenoxy) is 1. The third kappa shape index (κ3) is 10.1. The van der Waals surface area contributed by atoms with Crippen molar-refractivity contribution in [3.63, 3.8) is 0 Å². The predicted octanol–water partition coefficient (Wildman–Crippen LogP) is 2.84. The molecule has 0 unspecified atom stereocenters. The van der Waals surface area contributed by atoms with Crippen LogP contribution in [0.5, 0.6) is 0 Å². The maximum atomic E-state index is 10.7. The first-order chi connectivity index (χ1) is 9.08. The zero-order valence-corrected chi connectivity index (χ0v) is 13.0. The first-order valence-electron chi connectivity index (χ1n) is 6.51. The highest BCUT2D eigenvalue weighted by molar-refractivity contribution is 7.85. The smallest absolute Gasteiger partial charge is 0.264 e. The normalized spacial score (nSPS) is 11.8. The SMILES string of the molecule is CS(=O)(=O)OCCCCCCOCCc1ccsc1. The molecule has 0 aliphatic rings. The fraction of sp³-hybridized carbons (Fsp3) is 0.692. The standard InChI is InChI=1S/C13H22O4S2/c1-19(14,15)17-9-5-3-2-4-8-16-10-6-13-7-11-18-12-13/h7,11-12H,2-6,8-10H2,1H3. The van der Waals surface area contributed by atoms with Gasteiger partial charge in [-0.3, -0.25) is 4.18 Å². The second kappa shape index (κ2) is 9.47. The summed E-state index contributed by atoms with van der Waals surface area (Å²) in [6, 6.07) is 2.12. The molecule has 0 amide bonds. The van der Waals surface area contributed by atoms with Crippen molar-refractivity contribution < 1.29 is 17.3 Å². The monoisotopic (exact) mass is 306 g/mol. The molecule has 110 valence electrons. The van der Waals surface area contributed by atoms with E-state index in [9.17, 15) is 8.42 Å². The zero-order valence-electron chi connectivity index (χ0n) is 11.3. The average molecular weight is 306 g/mol. The molecule has 0 bridgehead atoms. The highest BCUT2D eigenvalue weighted by Crippen LogP contribution is 2.07. The van der Waals surface area contributed by atoms with Gasteiger partial charge in [-0.25, -0.2) is 0 Å². The third-order valence-electron chi connectivity index (χ3n) is 2.60. The van der Waals surface area contributed by atoms with Gasteiger partial charge in [-0.05, 0) is 41.7 Å². The molecule has 0 saturated heterocycles. The van der Waals surface area contributed by atoms with E-state index in [2.05, 4.69) is 21.0 Å². The average Bonchev–Trinajstić information content (AvgIpc) is 2.83. The topological polar surface area (TPSA) is 52.6 Å². The number of hydrogen-bond acceptors (Lipinski definition) is 5. The Morgan fingerprint density at radius 3 is 2.47 bits per heavy atom. The van der Waals surface area contributed by atoms with Crippen LogP contribution in [0.25, 0.3) is 0 Å². The van der Waals surface area contributed by atoms with Crippen LogP contribution in [0.15, 0.2) is 16.8 Å². The molecule has 0 radical (unpaired) electrons. The molecular formula is C13H22O4S2. The van der Waals surface area contributed by atoms with Gasteiger partial charge in [-0.1, -0.05) is 12.8 Å². The van der Waals surface area contributed by atoms with E-state index in [1.807, 2.05) is 0 Å². The molecule has 6 heteroatoms. The molecule has 1 heterocycles. The molecule has 0 aliphatic heterocycles.